The van der Waals surface area contributed by atoms with E-state index in [0.29, 0.717) is 19.1 Å². The Bertz CT molecular complexity index is 386. The van der Waals surface area contributed by atoms with Gasteiger partial charge in [0, 0.05) is 6.42 Å². The van der Waals surface area contributed by atoms with Gasteiger partial charge in [-0.1, -0.05) is 30.3 Å². The van der Waals surface area contributed by atoms with E-state index in [4.69, 9.17) is 4.74 Å². The highest BCUT2D eigenvalue weighted by molar-refractivity contribution is 5.85. The van der Waals surface area contributed by atoms with E-state index in [9.17, 15) is 4.79 Å². The monoisotopic (exact) mass is 217 g/mol. The Morgan fingerprint density at radius 1 is 1.31 bits per heavy atom. The lowest BCUT2D eigenvalue weighted by atomic mass is 9.67. The van der Waals surface area contributed by atoms with Crippen LogP contribution < -0.4 is 5.32 Å². The minimum absolute atomic E-state index is 0.110. The average Bonchev–Trinajstić information content (AvgIpc) is 2.21. The fourth-order valence-electron chi connectivity index (χ4n) is 2.55. The lowest BCUT2D eigenvalue weighted by molar-refractivity contribution is -0.147. The van der Waals surface area contributed by atoms with Gasteiger partial charge < -0.3 is 10.1 Å². The van der Waals surface area contributed by atoms with Crippen LogP contribution in [0.25, 0.3) is 0 Å². The summed E-state index contributed by atoms with van der Waals surface area (Å²) in [5.74, 6) is 0.182. The summed E-state index contributed by atoms with van der Waals surface area (Å²) in [6.45, 7) is 0.676. The number of β-lactam (4-membered cyclic amide) rings is 1. The van der Waals surface area contributed by atoms with Crippen molar-refractivity contribution in [1.29, 1.82) is 0 Å². The molecule has 1 saturated carbocycles. The fraction of sp³-hybridized carbons (Fsp3) is 0.462. The van der Waals surface area contributed by atoms with E-state index in [-0.39, 0.29) is 11.4 Å². The summed E-state index contributed by atoms with van der Waals surface area (Å²) in [5, 5.41) is 2.96. The van der Waals surface area contributed by atoms with Gasteiger partial charge in [0.25, 0.3) is 0 Å². The van der Waals surface area contributed by atoms with Crippen LogP contribution in [0, 0.1) is 0 Å². The van der Waals surface area contributed by atoms with Crippen LogP contribution >= 0.6 is 0 Å². The van der Waals surface area contributed by atoms with Crippen molar-refractivity contribution in [1.82, 2.24) is 5.32 Å². The van der Waals surface area contributed by atoms with Crippen LogP contribution in [-0.2, 0) is 16.1 Å². The van der Waals surface area contributed by atoms with Gasteiger partial charge in [-0.2, -0.15) is 0 Å². The van der Waals surface area contributed by atoms with Crippen LogP contribution in [0.15, 0.2) is 30.3 Å². The molecule has 3 heteroatoms. The van der Waals surface area contributed by atoms with E-state index in [2.05, 4.69) is 17.4 Å². The predicted octanol–water partition coefficient (Wildman–Crippen LogP) is 1.62. The minimum atomic E-state index is 0.110. The van der Waals surface area contributed by atoms with Gasteiger partial charge in [0.2, 0.25) is 5.91 Å². The highest BCUT2D eigenvalue weighted by Gasteiger charge is 2.53. The zero-order chi connectivity index (χ0) is 11.0. The highest BCUT2D eigenvalue weighted by atomic mass is 16.5. The number of carbonyl (C=O) groups is 1. The second kappa shape index (κ2) is 3.59. The van der Waals surface area contributed by atoms with Crippen LogP contribution in [0.1, 0.15) is 24.8 Å². The van der Waals surface area contributed by atoms with E-state index in [1.165, 1.54) is 5.56 Å². The van der Waals surface area contributed by atoms with Crippen LogP contribution in [0.5, 0.6) is 0 Å². The predicted molar refractivity (Wildman–Crippen MR) is 59.7 cm³/mol. The molecule has 1 N–H and O–H groups in total. The third-order valence-electron chi connectivity index (χ3n) is 3.47. The van der Waals surface area contributed by atoms with Gasteiger partial charge >= 0.3 is 0 Å². The van der Waals surface area contributed by atoms with Crippen molar-refractivity contribution < 1.29 is 9.53 Å². The van der Waals surface area contributed by atoms with Gasteiger partial charge in [-0.15, -0.1) is 0 Å². The molecule has 0 radical (unpaired) electrons. The molecule has 1 aliphatic heterocycles. The number of amides is 1. The third-order valence-corrected chi connectivity index (χ3v) is 3.47. The zero-order valence-corrected chi connectivity index (χ0v) is 9.11. The molecule has 0 bridgehead atoms. The first kappa shape index (κ1) is 9.85. The fourth-order valence-corrected chi connectivity index (χ4v) is 2.55. The van der Waals surface area contributed by atoms with Crippen LogP contribution in [0.4, 0.5) is 0 Å². The Labute approximate surface area is 94.8 Å². The van der Waals surface area contributed by atoms with Crippen LogP contribution in [0.2, 0.25) is 0 Å². The molecule has 1 amide bonds. The minimum Gasteiger partial charge on any atom is -0.373 e. The Morgan fingerprint density at radius 2 is 2.00 bits per heavy atom. The maximum Gasteiger partial charge on any atom is 0.222 e. The molecular formula is C13H15NO2. The second-order valence-corrected chi connectivity index (χ2v) is 4.83. The summed E-state index contributed by atoms with van der Waals surface area (Å²) in [6.07, 6.45) is 2.97. The van der Waals surface area contributed by atoms with Gasteiger partial charge in [-0.05, 0) is 18.4 Å². The van der Waals surface area contributed by atoms with E-state index in [0.717, 1.165) is 12.8 Å². The smallest absolute Gasteiger partial charge is 0.222 e. The number of nitrogens with one attached hydrogen (secondary N) is 1. The summed E-state index contributed by atoms with van der Waals surface area (Å²) in [5.41, 5.74) is 1.32. The van der Waals surface area contributed by atoms with Gasteiger partial charge in [0.05, 0.1) is 18.2 Å². The Balaban J connectivity index is 1.44. The van der Waals surface area contributed by atoms with Crippen molar-refractivity contribution in [2.45, 2.75) is 37.5 Å². The SMILES string of the molecule is O=C1CC2(CC(OCc3ccccc3)C2)N1. The molecule has 1 spiro atoms. The number of benzene rings is 1. The van der Waals surface area contributed by atoms with Gasteiger partial charge in [-0.3, -0.25) is 4.79 Å². The zero-order valence-electron chi connectivity index (χ0n) is 9.11. The molecule has 2 fully saturated rings. The average molecular weight is 217 g/mol. The van der Waals surface area contributed by atoms with E-state index in [1.54, 1.807) is 0 Å². The Morgan fingerprint density at radius 3 is 2.62 bits per heavy atom. The number of hydrogen-bond donors (Lipinski definition) is 1. The van der Waals surface area contributed by atoms with Gasteiger partial charge in [0.1, 0.15) is 0 Å². The summed E-state index contributed by atoms with van der Waals surface area (Å²) in [4.78, 5) is 10.8. The van der Waals surface area contributed by atoms with Crippen molar-refractivity contribution in [2.75, 3.05) is 0 Å². The molecule has 3 rings (SSSR count). The molecule has 84 valence electrons. The maximum absolute atomic E-state index is 10.8. The molecule has 1 aromatic rings. The highest BCUT2D eigenvalue weighted by Crippen LogP contribution is 2.42. The molecule has 2 aliphatic rings. The molecular weight excluding hydrogens is 202 g/mol. The molecule has 16 heavy (non-hydrogen) atoms. The summed E-state index contributed by atoms with van der Waals surface area (Å²) < 4.78 is 5.78. The number of carbonyl (C=O) groups excluding carboxylic acids is 1. The molecule has 0 atom stereocenters. The third kappa shape index (κ3) is 1.71. The standard InChI is InChI=1S/C13H15NO2/c15-12-8-13(14-12)6-11(7-13)16-9-10-4-2-1-3-5-10/h1-5,11H,6-9H2,(H,14,15). The number of ether oxygens (including phenoxy) is 1. The van der Waals surface area contributed by atoms with Crippen LogP contribution in [0.3, 0.4) is 0 Å². The first-order valence-electron chi connectivity index (χ1n) is 5.72. The molecule has 3 nitrogen and oxygen atoms in total. The normalized spacial score (nSPS) is 31.8. The number of rotatable bonds is 3. The number of hydrogen-bond acceptors (Lipinski definition) is 2. The molecule has 1 aliphatic carbocycles. The maximum atomic E-state index is 10.8. The molecule has 0 unspecified atom stereocenters. The molecule has 0 aromatic heterocycles. The Kier molecular flexibility index (Phi) is 2.21. The van der Waals surface area contributed by atoms with Gasteiger partial charge in [-0.25, -0.2) is 0 Å². The molecule has 1 saturated heterocycles. The van der Waals surface area contributed by atoms with Crippen molar-refractivity contribution in [2.24, 2.45) is 0 Å². The first-order valence-corrected chi connectivity index (χ1v) is 5.72. The lowest BCUT2D eigenvalue weighted by Crippen LogP contribution is -2.69. The summed E-state index contributed by atoms with van der Waals surface area (Å²) >= 11 is 0. The lowest BCUT2D eigenvalue weighted by Gasteiger charge is -2.53. The summed E-state index contributed by atoms with van der Waals surface area (Å²) in [7, 11) is 0. The second-order valence-electron chi connectivity index (χ2n) is 4.83. The van der Waals surface area contributed by atoms with E-state index >= 15 is 0 Å². The van der Waals surface area contributed by atoms with Gasteiger partial charge in [0.15, 0.2) is 0 Å². The summed E-state index contributed by atoms with van der Waals surface area (Å²) in [6, 6.07) is 10.2. The van der Waals surface area contributed by atoms with E-state index < -0.39 is 0 Å². The van der Waals surface area contributed by atoms with Crippen LogP contribution in [-0.4, -0.2) is 17.6 Å². The molecule has 1 aromatic carbocycles. The van der Waals surface area contributed by atoms with Crippen molar-refractivity contribution in [3.63, 3.8) is 0 Å². The Hall–Kier alpha value is -1.35. The van der Waals surface area contributed by atoms with Crippen molar-refractivity contribution in [3.05, 3.63) is 35.9 Å². The van der Waals surface area contributed by atoms with Crippen molar-refractivity contribution >= 4 is 5.91 Å². The largest absolute Gasteiger partial charge is 0.373 e. The van der Waals surface area contributed by atoms with Crippen molar-refractivity contribution in [3.8, 4) is 0 Å². The first-order chi connectivity index (χ1) is 7.76. The molecule has 1 heterocycles. The topological polar surface area (TPSA) is 38.3 Å². The quantitative estimate of drug-likeness (QED) is 0.781. The van der Waals surface area contributed by atoms with E-state index in [1.807, 2.05) is 18.2 Å².